The van der Waals surface area contributed by atoms with Gasteiger partial charge in [0.15, 0.2) is 0 Å². The number of pyridine rings is 1. The summed E-state index contributed by atoms with van der Waals surface area (Å²) < 4.78 is 0. The Hall–Kier alpha value is -2.05. The Morgan fingerprint density at radius 2 is 1.45 bits per heavy atom. The average Bonchev–Trinajstić information content (AvgIpc) is 2.24. The van der Waals surface area contributed by atoms with Crippen molar-refractivity contribution in [2.45, 2.75) is 52.4 Å². The van der Waals surface area contributed by atoms with Gasteiger partial charge in [-0.3, -0.25) is 20.2 Å². The Kier molecular flexibility index (Phi) is 3.85. The quantitative estimate of drug-likeness (QED) is 0.610. The maximum atomic E-state index is 11.2. The first-order chi connectivity index (χ1) is 8.85. The van der Waals surface area contributed by atoms with E-state index < -0.39 is 32.1 Å². The van der Waals surface area contributed by atoms with Gasteiger partial charge < -0.3 is 0 Å². The Balaban J connectivity index is 3.83. The zero-order valence-corrected chi connectivity index (χ0v) is 12.6. The van der Waals surface area contributed by atoms with Gasteiger partial charge in [-0.25, -0.2) is 4.98 Å². The van der Waals surface area contributed by atoms with E-state index in [9.17, 15) is 20.2 Å². The molecule has 0 radical (unpaired) electrons. The highest BCUT2D eigenvalue weighted by atomic mass is 16.6. The van der Waals surface area contributed by atoms with Crippen molar-refractivity contribution in [3.05, 3.63) is 37.7 Å². The van der Waals surface area contributed by atoms with Crippen molar-refractivity contribution in [2.24, 2.45) is 0 Å². The number of rotatable bonds is 2. The third-order valence-corrected chi connectivity index (χ3v) is 2.83. The van der Waals surface area contributed by atoms with Gasteiger partial charge in [0.2, 0.25) is 0 Å². The minimum atomic E-state index is -0.724. The SMILES string of the molecule is CC(C)(C)c1cc([N+](=O)[O-])c([N+](=O)[O-])c(C(C)(C)C)n1. The molecule has 1 heterocycles. The van der Waals surface area contributed by atoms with Crippen LogP contribution < -0.4 is 0 Å². The highest BCUT2D eigenvalue weighted by Gasteiger charge is 2.38. The molecule has 0 aliphatic carbocycles. The van der Waals surface area contributed by atoms with Crippen LogP contribution in [0.2, 0.25) is 0 Å². The third-order valence-electron chi connectivity index (χ3n) is 2.83. The molecule has 0 saturated heterocycles. The first-order valence-corrected chi connectivity index (χ1v) is 6.20. The number of nitrogens with zero attached hydrogens (tertiary/aromatic N) is 3. The summed E-state index contributed by atoms with van der Waals surface area (Å²) in [4.78, 5) is 25.3. The van der Waals surface area contributed by atoms with Crippen molar-refractivity contribution >= 4 is 11.4 Å². The van der Waals surface area contributed by atoms with E-state index in [-0.39, 0.29) is 5.69 Å². The molecule has 1 rings (SSSR count). The summed E-state index contributed by atoms with van der Waals surface area (Å²) in [5.74, 6) is 0. The van der Waals surface area contributed by atoms with Gasteiger partial charge in [-0.05, 0) is 0 Å². The van der Waals surface area contributed by atoms with E-state index in [4.69, 9.17) is 0 Å². The second kappa shape index (κ2) is 4.81. The molecule has 7 heteroatoms. The van der Waals surface area contributed by atoms with Crippen LogP contribution in [0, 0.1) is 20.2 Å². The third kappa shape index (κ3) is 3.09. The molecule has 1 aromatic rings. The molecule has 0 atom stereocenters. The van der Waals surface area contributed by atoms with E-state index in [1.165, 1.54) is 6.07 Å². The predicted octanol–water partition coefficient (Wildman–Crippen LogP) is 3.49. The van der Waals surface area contributed by atoms with E-state index in [2.05, 4.69) is 4.98 Å². The smallest absolute Gasteiger partial charge is 0.258 e. The minimum absolute atomic E-state index is 0.140. The first kappa shape index (κ1) is 16.0. The summed E-state index contributed by atoms with van der Waals surface area (Å²) in [5, 5.41) is 22.4. The Labute approximate surface area is 117 Å². The van der Waals surface area contributed by atoms with Gasteiger partial charge in [0, 0.05) is 16.9 Å². The molecule has 0 aliphatic rings. The second-order valence-corrected chi connectivity index (χ2v) is 6.74. The molecular weight excluding hydrogens is 262 g/mol. The van der Waals surface area contributed by atoms with Crippen LogP contribution in [-0.4, -0.2) is 14.8 Å². The molecule has 0 aromatic carbocycles. The van der Waals surface area contributed by atoms with Crippen molar-refractivity contribution in [1.82, 2.24) is 4.98 Å². The van der Waals surface area contributed by atoms with E-state index >= 15 is 0 Å². The predicted molar refractivity (Wildman–Crippen MR) is 74.9 cm³/mol. The largest absolute Gasteiger partial charge is 0.367 e. The second-order valence-electron chi connectivity index (χ2n) is 6.74. The Morgan fingerprint density at radius 1 is 0.950 bits per heavy atom. The zero-order valence-electron chi connectivity index (χ0n) is 12.6. The lowest BCUT2D eigenvalue weighted by Gasteiger charge is -2.23. The maximum absolute atomic E-state index is 11.2. The van der Waals surface area contributed by atoms with Gasteiger partial charge >= 0.3 is 11.4 Å². The molecule has 0 spiro atoms. The van der Waals surface area contributed by atoms with Crippen molar-refractivity contribution in [3.8, 4) is 0 Å². The number of hydrogen-bond acceptors (Lipinski definition) is 5. The molecule has 0 saturated carbocycles. The highest BCUT2D eigenvalue weighted by molar-refractivity contribution is 5.58. The molecule has 0 aliphatic heterocycles. The fourth-order valence-corrected chi connectivity index (χ4v) is 1.75. The summed E-state index contributed by atoms with van der Waals surface area (Å²) in [6, 6.07) is 1.20. The van der Waals surface area contributed by atoms with Crippen molar-refractivity contribution < 1.29 is 9.85 Å². The minimum Gasteiger partial charge on any atom is -0.258 e. The lowest BCUT2D eigenvalue weighted by molar-refractivity contribution is -0.423. The summed E-state index contributed by atoms with van der Waals surface area (Å²) in [6.07, 6.45) is 0. The van der Waals surface area contributed by atoms with E-state index in [1.54, 1.807) is 20.8 Å². The summed E-state index contributed by atoms with van der Waals surface area (Å²) in [6.45, 7) is 10.8. The van der Waals surface area contributed by atoms with Crippen LogP contribution in [0.15, 0.2) is 6.07 Å². The number of hydrogen-bond donors (Lipinski definition) is 0. The Bertz CT molecular complexity index is 568. The van der Waals surface area contributed by atoms with Crippen LogP contribution in [0.5, 0.6) is 0 Å². The van der Waals surface area contributed by atoms with Gasteiger partial charge in [-0.1, -0.05) is 41.5 Å². The molecule has 0 N–H and O–H groups in total. The highest BCUT2D eigenvalue weighted by Crippen LogP contribution is 2.39. The van der Waals surface area contributed by atoms with Crippen molar-refractivity contribution in [2.75, 3.05) is 0 Å². The molecular formula is C13H19N3O4. The molecule has 7 nitrogen and oxygen atoms in total. The normalized spacial score (nSPS) is 12.3. The molecule has 20 heavy (non-hydrogen) atoms. The monoisotopic (exact) mass is 281 g/mol. The van der Waals surface area contributed by atoms with E-state index in [1.807, 2.05) is 20.8 Å². The van der Waals surface area contributed by atoms with Crippen LogP contribution in [0.4, 0.5) is 11.4 Å². The van der Waals surface area contributed by atoms with Gasteiger partial charge in [-0.2, -0.15) is 0 Å². The molecule has 1 aromatic heterocycles. The molecule has 0 fully saturated rings. The maximum Gasteiger partial charge on any atom is 0.367 e. The molecule has 0 unspecified atom stereocenters. The van der Waals surface area contributed by atoms with Gasteiger partial charge in [0.25, 0.3) is 0 Å². The first-order valence-electron chi connectivity index (χ1n) is 6.20. The van der Waals surface area contributed by atoms with Crippen molar-refractivity contribution in [3.63, 3.8) is 0 Å². The summed E-state index contributed by atoms with van der Waals surface area (Å²) in [5.41, 5.74) is -1.49. The fraction of sp³-hybridized carbons (Fsp3) is 0.615. The molecule has 110 valence electrons. The number of nitro groups is 2. The lowest BCUT2D eigenvalue weighted by Crippen LogP contribution is -2.22. The molecule has 0 bridgehead atoms. The fourth-order valence-electron chi connectivity index (χ4n) is 1.75. The van der Waals surface area contributed by atoms with Crippen LogP contribution in [0.25, 0.3) is 0 Å². The van der Waals surface area contributed by atoms with Crippen LogP contribution in [-0.2, 0) is 10.8 Å². The van der Waals surface area contributed by atoms with E-state index in [0.29, 0.717) is 5.69 Å². The lowest BCUT2D eigenvalue weighted by atomic mass is 9.86. The van der Waals surface area contributed by atoms with Gasteiger partial charge in [-0.15, -0.1) is 0 Å². The standard InChI is InChI=1S/C13H19N3O4/c1-12(2,3)9-7-8(15(17)18)10(16(19)20)11(14-9)13(4,5)6/h7H,1-6H3. The Morgan fingerprint density at radius 3 is 1.75 bits per heavy atom. The average molecular weight is 281 g/mol. The number of aromatic nitrogens is 1. The van der Waals surface area contributed by atoms with Crippen LogP contribution >= 0.6 is 0 Å². The van der Waals surface area contributed by atoms with Crippen LogP contribution in [0.3, 0.4) is 0 Å². The summed E-state index contributed by atoms with van der Waals surface area (Å²) >= 11 is 0. The van der Waals surface area contributed by atoms with Crippen molar-refractivity contribution in [1.29, 1.82) is 0 Å². The van der Waals surface area contributed by atoms with Gasteiger partial charge in [0.1, 0.15) is 5.69 Å². The zero-order chi connectivity index (χ0) is 15.9. The van der Waals surface area contributed by atoms with E-state index in [0.717, 1.165) is 0 Å². The summed E-state index contributed by atoms with van der Waals surface area (Å²) in [7, 11) is 0. The molecule has 0 amide bonds. The topological polar surface area (TPSA) is 99.2 Å². The van der Waals surface area contributed by atoms with Gasteiger partial charge in [0.05, 0.1) is 15.5 Å². The van der Waals surface area contributed by atoms with Crippen LogP contribution in [0.1, 0.15) is 52.9 Å².